The molecule has 1 N–H and O–H groups in total. The van der Waals surface area contributed by atoms with Crippen molar-refractivity contribution in [2.24, 2.45) is 5.41 Å². The number of allylic oxidation sites excluding steroid dienone is 5. The molecule has 1 aliphatic heterocycles. The molecule has 0 aliphatic carbocycles. The largest absolute Gasteiger partial charge is 0.444 e. The van der Waals surface area contributed by atoms with Crippen molar-refractivity contribution in [3.05, 3.63) is 36.5 Å². The van der Waals surface area contributed by atoms with Gasteiger partial charge in [-0.3, -0.25) is 0 Å². The highest BCUT2D eigenvalue weighted by Crippen LogP contribution is 2.37. The zero-order chi connectivity index (χ0) is 21.5. The highest BCUT2D eigenvalue weighted by molar-refractivity contribution is 5.68. The van der Waals surface area contributed by atoms with E-state index in [0.29, 0.717) is 13.1 Å². The van der Waals surface area contributed by atoms with Gasteiger partial charge in [-0.2, -0.15) is 0 Å². The summed E-state index contributed by atoms with van der Waals surface area (Å²) in [4.78, 5) is 13.8. The van der Waals surface area contributed by atoms with Crippen LogP contribution in [-0.2, 0) is 4.74 Å². The smallest absolute Gasteiger partial charge is 0.410 e. The number of aliphatic hydroxyl groups excluding tert-OH is 1. The molecule has 27 heavy (non-hydrogen) atoms. The Labute approximate surface area is 168 Å². The normalized spacial score (nSPS) is 16.3. The molecule has 1 heterocycles. The molecule has 1 amide bonds. The SMILES string of the molecule is C=C(/C=C\C=C/C)CC1(CO)CCN(C(=O)OC(C)(C)C)CC1.CC.CC. The Bertz CT molecular complexity index is 465. The summed E-state index contributed by atoms with van der Waals surface area (Å²) >= 11 is 0. The Balaban J connectivity index is 0. The van der Waals surface area contributed by atoms with Gasteiger partial charge in [0, 0.05) is 25.1 Å². The Morgan fingerprint density at radius 2 is 1.67 bits per heavy atom. The molecule has 0 spiro atoms. The molecular weight excluding hydrogens is 338 g/mol. The number of amides is 1. The van der Waals surface area contributed by atoms with E-state index in [1.165, 1.54) is 0 Å². The summed E-state index contributed by atoms with van der Waals surface area (Å²) in [5, 5.41) is 9.86. The first-order valence-electron chi connectivity index (χ1n) is 10.3. The van der Waals surface area contributed by atoms with Crippen molar-refractivity contribution in [3.8, 4) is 0 Å². The highest BCUT2D eigenvalue weighted by atomic mass is 16.6. The molecule has 4 heteroatoms. The van der Waals surface area contributed by atoms with Gasteiger partial charge in [0.05, 0.1) is 0 Å². The maximum atomic E-state index is 12.1. The second-order valence-corrected chi connectivity index (χ2v) is 7.35. The summed E-state index contributed by atoms with van der Waals surface area (Å²) in [5.41, 5.74) is 0.340. The van der Waals surface area contributed by atoms with Gasteiger partial charge in [0.1, 0.15) is 5.60 Å². The fourth-order valence-corrected chi connectivity index (χ4v) is 2.72. The molecule has 158 valence electrons. The summed E-state index contributed by atoms with van der Waals surface area (Å²) in [5.74, 6) is 0. The molecule has 0 saturated carbocycles. The van der Waals surface area contributed by atoms with Crippen molar-refractivity contribution >= 4 is 6.09 Å². The summed E-state index contributed by atoms with van der Waals surface area (Å²) < 4.78 is 5.41. The van der Waals surface area contributed by atoms with Gasteiger partial charge in [0.15, 0.2) is 0 Å². The first-order chi connectivity index (χ1) is 12.7. The van der Waals surface area contributed by atoms with Gasteiger partial charge in [-0.05, 0) is 47.0 Å². The highest BCUT2D eigenvalue weighted by Gasteiger charge is 2.36. The van der Waals surface area contributed by atoms with Crippen LogP contribution in [0.1, 0.15) is 74.7 Å². The molecule has 0 unspecified atom stereocenters. The molecule has 0 bridgehead atoms. The van der Waals surface area contributed by atoms with Gasteiger partial charge in [0.25, 0.3) is 0 Å². The Kier molecular flexibility index (Phi) is 14.9. The zero-order valence-corrected chi connectivity index (χ0v) is 19.0. The van der Waals surface area contributed by atoms with Crippen LogP contribution >= 0.6 is 0 Å². The third-order valence-corrected chi connectivity index (χ3v) is 4.05. The molecule has 0 aromatic carbocycles. The maximum Gasteiger partial charge on any atom is 0.410 e. The molecule has 0 atom stereocenters. The van der Waals surface area contributed by atoms with Gasteiger partial charge in [-0.25, -0.2) is 4.79 Å². The fraction of sp³-hybridized carbons (Fsp3) is 0.696. The second-order valence-electron chi connectivity index (χ2n) is 7.35. The number of aliphatic hydroxyl groups is 1. The molecule has 1 saturated heterocycles. The van der Waals surface area contributed by atoms with Crippen LogP contribution in [0.15, 0.2) is 36.5 Å². The number of nitrogens with zero attached hydrogens (tertiary/aromatic N) is 1. The van der Waals surface area contributed by atoms with E-state index in [-0.39, 0.29) is 18.1 Å². The van der Waals surface area contributed by atoms with Crippen LogP contribution in [0.5, 0.6) is 0 Å². The fourth-order valence-electron chi connectivity index (χ4n) is 2.72. The Hall–Kier alpha value is -1.55. The van der Waals surface area contributed by atoms with Crippen molar-refractivity contribution in [1.29, 1.82) is 0 Å². The van der Waals surface area contributed by atoms with E-state index in [9.17, 15) is 9.90 Å². The lowest BCUT2D eigenvalue weighted by Gasteiger charge is -2.41. The first kappa shape index (κ1) is 27.7. The molecule has 1 rings (SSSR count). The van der Waals surface area contributed by atoms with Gasteiger partial charge >= 0.3 is 6.09 Å². The molecule has 4 nitrogen and oxygen atoms in total. The summed E-state index contributed by atoms with van der Waals surface area (Å²) in [7, 11) is 0. The molecule has 1 fully saturated rings. The van der Waals surface area contributed by atoms with Crippen LogP contribution < -0.4 is 0 Å². The van der Waals surface area contributed by atoms with E-state index >= 15 is 0 Å². The number of ether oxygens (including phenoxy) is 1. The monoisotopic (exact) mass is 381 g/mol. The van der Waals surface area contributed by atoms with Crippen molar-refractivity contribution in [3.63, 3.8) is 0 Å². The van der Waals surface area contributed by atoms with Gasteiger partial charge < -0.3 is 14.7 Å². The van der Waals surface area contributed by atoms with E-state index in [0.717, 1.165) is 24.8 Å². The van der Waals surface area contributed by atoms with Crippen molar-refractivity contribution < 1.29 is 14.6 Å². The predicted octanol–water partition coefficient (Wildman–Crippen LogP) is 6.13. The van der Waals surface area contributed by atoms with Gasteiger partial charge in [0.2, 0.25) is 0 Å². The number of hydrogen-bond donors (Lipinski definition) is 1. The minimum atomic E-state index is -0.478. The minimum absolute atomic E-state index is 0.117. The zero-order valence-electron chi connectivity index (χ0n) is 19.0. The number of hydrogen-bond acceptors (Lipinski definition) is 3. The van der Waals surface area contributed by atoms with Crippen molar-refractivity contribution in [2.45, 2.75) is 80.3 Å². The maximum absolute atomic E-state index is 12.1. The standard InChI is InChI=1S/C19H31NO3.2C2H6/c1-6-7-8-9-16(2)14-19(15-21)10-12-20(13-11-19)17(22)23-18(3,4)5;2*1-2/h6-9,21H,2,10-15H2,1,3-5H3;2*1-2H3/b7-6-,9-8-;;. The molecular formula is C23H43NO3. The van der Waals surface area contributed by atoms with E-state index < -0.39 is 5.60 Å². The molecule has 0 aromatic heterocycles. The van der Waals surface area contributed by atoms with Crippen molar-refractivity contribution in [1.82, 2.24) is 4.90 Å². The van der Waals surface area contributed by atoms with Gasteiger partial charge in [-0.15, -0.1) is 0 Å². The Morgan fingerprint density at radius 1 is 1.15 bits per heavy atom. The van der Waals surface area contributed by atoms with Crippen LogP contribution in [0.2, 0.25) is 0 Å². The number of piperidine rings is 1. The van der Waals surface area contributed by atoms with Crippen LogP contribution in [0.25, 0.3) is 0 Å². The number of carbonyl (C=O) groups is 1. The summed E-state index contributed by atoms with van der Waals surface area (Å²) in [6.45, 7) is 21.0. The average molecular weight is 382 g/mol. The molecule has 1 aliphatic rings. The van der Waals surface area contributed by atoms with Crippen LogP contribution in [0.4, 0.5) is 4.79 Å². The summed E-state index contributed by atoms with van der Waals surface area (Å²) in [6, 6.07) is 0. The minimum Gasteiger partial charge on any atom is -0.444 e. The topological polar surface area (TPSA) is 49.8 Å². The summed E-state index contributed by atoms with van der Waals surface area (Å²) in [6.07, 6.45) is 9.88. The average Bonchev–Trinajstić information content (AvgIpc) is 2.64. The number of likely N-dealkylation sites (tertiary alicyclic amines) is 1. The first-order valence-corrected chi connectivity index (χ1v) is 10.3. The van der Waals surface area contributed by atoms with E-state index in [1.807, 2.05) is 79.7 Å². The quantitative estimate of drug-likeness (QED) is 0.583. The lowest BCUT2D eigenvalue weighted by atomic mass is 9.74. The van der Waals surface area contributed by atoms with E-state index in [2.05, 4.69) is 6.58 Å². The third-order valence-electron chi connectivity index (χ3n) is 4.05. The van der Waals surface area contributed by atoms with Crippen molar-refractivity contribution in [2.75, 3.05) is 19.7 Å². The number of carbonyl (C=O) groups excluding carboxylic acids is 1. The Morgan fingerprint density at radius 3 is 2.07 bits per heavy atom. The second kappa shape index (κ2) is 14.5. The molecule has 0 radical (unpaired) electrons. The number of rotatable bonds is 5. The van der Waals surface area contributed by atoms with E-state index in [4.69, 9.17) is 4.74 Å². The van der Waals surface area contributed by atoms with Crippen LogP contribution in [0, 0.1) is 5.41 Å². The third kappa shape index (κ3) is 11.7. The van der Waals surface area contributed by atoms with E-state index in [1.54, 1.807) is 4.90 Å². The lowest BCUT2D eigenvalue weighted by molar-refractivity contribution is 0.0000357. The lowest BCUT2D eigenvalue weighted by Crippen LogP contribution is -2.46. The van der Waals surface area contributed by atoms with Crippen LogP contribution in [-0.4, -0.2) is 41.4 Å². The molecule has 0 aromatic rings. The van der Waals surface area contributed by atoms with Gasteiger partial charge in [-0.1, -0.05) is 64.2 Å². The van der Waals surface area contributed by atoms with Crippen LogP contribution in [0.3, 0.4) is 0 Å². The predicted molar refractivity (Wildman–Crippen MR) is 117 cm³/mol.